The summed E-state index contributed by atoms with van der Waals surface area (Å²) in [5, 5.41) is 8.68. The smallest absolute Gasteiger partial charge is 0.377 e. The molecule has 182 valence electrons. The van der Waals surface area contributed by atoms with E-state index in [1.165, 1.54) is 24.3 Å². The van der Waals surface area contributed by atoms with Gasteiger partial charge in [-0.25, -0.2) is 27.9 Å². The van der Waals surface area contributed by atoms with Crippen LogP contribution in [0, 0.1) is 17.5 Å². The molecule has 2 aromatic carbocycles. The molecule has 3 aromatic heterocycles. The van der Waals surface area contributed by atoms with Crippen LogP contribution in [-0.4, -0.2) is 30.3 Å². The van der Waals surface area contributed by atoms with Crippen LogP contribution in [0.3, 0.4) is 0 Å². The summed E-state index contributed by atoms with van der Waals surface area (Å²) in [6.07, 6.45) is -0.117. The Kier molecular flexibility index (Phi) is 6.25. The van der Waals surface area contributed by atoms with Gasteiger partial charge in [0, 0.05) is 28.6 Å². The van der Waals surface area contributed by atoms with Gasteiger partial charge in [0.15, 0.2) is 0 Å². The van der Waals surface area contributed by atoms with Crippen molar-refractivity contribution in [2.45, 2.75) is 13.0 Å². The zero-order chi connectivity index (χ0) is 25.2. The van der Waals surface area contributed by atoms with Gasteiger partial charge in [-0.15, -0.1) is 10.1 Å². The molecule has 0 aliphatic heterocycles. The average Bonchev–Trinajstić information content (AvgIpc) is 3.50. The Morgan fingerprint density at radius 1 is 0.944 bits per heavy atom. The lowest BCUT2D eigenvalue weighted by molar-refractivity contribution is 0.288. The highest BCUT2D eigenvalue weighted by Crippen LogP contribution is 2.27. The largest absolute Gasteiger partial charge is 0.473 e. The summed E-state index contributed by atoms with van der Waals surface area (Å²) in [6, 6.07) is 10.8. The molecule has 0 saturated heterocycles. The fourth-order valence-electron chi connectivity index (χ4n) is 3.33. The minimum Gasteiger partial charge on any atom is -0.473 e. The molecule has 2 N–H and O–H groups in total. The van der Waals surface area contributed by atoms with Crippen molar-refractivity contribution in [1.82, 2.24) is 30.3 Å². The maximum absolute atomic E-state index is 14.9. The SMILES string of the molecule is O=c1nc(-c2n[nH]c(Cc3cc(F)c(-c4cccc(OCc5ccc(Cl)cc5F)n4)cc3F)n2)o[nH]1. The normalized spacial score (nSPS) is 11.1. The van der Waals surface area contributed by atoms with E-state index in [2.05, 4.69) is 25.1 Å². The number of halogens is 4. The molecule has 5 aromatic rings. The summed E-state index contributed by atoms with van der Waals surface area (Å²) < 4.78 is 54.1. The summed E-state index contributed by atoms with van der Waals surface area (Å²) >= 11 is 5.75. The number of aromatic nitrogens is 6. The number of pyridine rings is 1. The minimum atomic E-state index is -0.724. The van der Waals surface area contributed by atoms with Crippen molar-refractivity contribution in [2.24, 2.45) is 0 Å². The minimum absolute atomic E-state index is 0.00745. The Morgan fingerprint density at radius 3 is 2.56 bits per heavy atom. The number of benzene rings is 2. The van der Waals surface area contributed by atoms with Crippen LogP contribution >= 0.6 is 11.6 Å². The van der Waals surface area contributed by atoms with E-state index >= 15 is 0 Å². The van der Waals surface area contributed by atoms with Gasteiger partial charge in [0.1, 0.15) is 29.9 Å². The molecule has 0 aliphatic rings. The Labute approximate surface area is 204 Å². The zero-order valence-electron chi connectivity index (χ0n) is 18.1. The Hall–Kier alpha value is -4.45. The number of nitrogens with one attached hydrogen (secondary N) is 2. The predicted molar refractivity (Wildman–Crippen MR) is 121 cm³/mol. The van der Waals surface area contributed by atoms with E-state index in [-0.39, 0.29) is 63.9 Å². The first-order valence-electron chi connectivity index (χ1n) is 10.3. The van der Waals surface area contributed by atoms with E-state index in [4.69, 9.17) is 20.9 Å². The maximum Gasteiger partial charge on any atom is 0.377 e. The first kappa shape index (κ1) is 23.3. The second-order valence-corrected chi connectivity index (χ2v) is 7.95. The molecule has 0 amide bonds. The number of aromatic amines is 2. The Bertz CT molecular complexity index is 1620. The molecule has 0 fully saturated rings. The average molecular weight is 515 g/mol. The van der Waals surface area contributed by atoms with Gasteiger partial charge in [-0.2, -0.15) is 5.16 Å². The highest BCUT2D eigenvalue weighted by Gasteiger charge is 2.17. The predicted octanol–water partition coefficient (Wildman–Crippen LogP) is 4.45. The summed E-state index contributed by atoms with van der Waals surface area (Å²) in [7, 11) is 0. The molecule has 9 nitrogen and oxygen atoms in total. The molecular formula is C23H14ClF3N6O3. The first-order valence-corrected chi connectivity index (χ1v) is 10.7. The summed E-state index contributed by atoms with van der Waals surface area (Å²) in [4.78, 5) is 22.9. The van der Waals surface area contributed by atoms with Gasteiger partial charge in [0.2, 0.25) is 11.7 Å². The summed E-state index contributed by atoms with van der Waals surface area (Å²) in [6.45, 7) is -0.129. The maximum atomic E-state index is 14.9. The van der Waals surface area contributed by atoms with Gasteiger partial charge < -0.3 is 9.26 Å². The number of hydrogen-bond acceptors (Lipinski definition) is 7. The van der Waals surface area contributed by atoms with Crippen LogP contribution in [-0.2, 0) is 13.0 Å². The van der Waals surface area contributed by atoms with Crippen molar-refractivity contribution in [3.05, 3.63) is 98.4 Å². The molecular weight excluding hydrogens is 501 g/mol. The molecule has 36 heavy (non-hydrogen) atoms. The third-order valence-electron chi connectivity index (χ3n) is 5.05. The summed E-state index contributed by atoms with van der Waals surface area (Å²) in [5.41, 5.74) is -0.398. The second kappa shape index (κ2) is 9.66. The standard InChI is InChI=1S/C23H14ClF3N6O3/c24-13-5-4-11(15(25)8-13)10-35-20-3-1-2-18(28-20)14-9-16(26)12(6-17(14)27)7-19-29-21(32-31-19)22-30-23(34)33-36-22/h1-6,8-9H,7,10H2,(H,33,34)(H,29,31,32). The van der Waals surface area contributed by atoms with Crippen molar-refractivity contribution >= 4 is 11.6 Å². The van der Waals surface area contributed by atoms with E-state index in [9.17, 15) is 18.0 Å². The van der Waals surface area contributed by atoms with Gasteiger partial charge >= 0.3 is 5.69 Å². The third-order valence-corrected chi connectivity index (χ3v) is 5.28. The lowest BCUT2D eigenvalue weighted by Crippen LogP contribution is -2.02. The first-order chi connectivity index (χ1) is 17.4. The lowest BCUT2D eigenvalue weighted by atomic mass is 10.0. The van der Waals surface area contributed by atoms with Gasteiger partial charge in [0.25, 0.3) is 5.89 Å². The molecule has 0 radical (unpaired) electrons. The van der Waals surface area contributed by atoms with Crippen LogP contribution < -0.4 is 10.4 Å². The molecule has 5 rings (SSSR count). The zero-order valence-corrected chi connectivity index (χ0v) is 18.8. The molecule has 0 atom stereocenters. The molecule has 0 aliphatic carbocycles. The number of hydrogen-bond donors (Lipinski definition) is 2. The van der Waals surface area contributed by atoms with Gasteiger partial charge in [-0.1, -0.05) is 23.7 Å². The van der Waals surface area contributed by atoms with Crippen molar-refractivity contribution in [3.63, 3.8) is 0 Å². The Morgan fingerprint density at radius 2 is 1.78 bits per heavy atom. The van der Waals surface area contributed by atoms with Crippen LogP contribution in [0.4, 0.5) is 13.2 Å². The molecule has 3 heterocycles. The van der Waals surface area contributed by atoms with E-state index in [1.807, 2.05) is 5.16 Å². The van der Waals surface area contributed by atoms with Crippen molar-refractivity contribution in [2.75, 3.05) is 0 Å². The summed E-state index contributed by atoms with van der Waals surface area (Å²) in [5.74, 6) is -1.81. The van der Waals surface area contributed by atoms with E-state index in [1.54, 1.807) is 6.07 Å². The lowest BCUT2D eigenvalue weighted by Gasteiger charge is -2.10. The molecule has 0 spiro atoms. The third kappa shape index (κ3) is 4.98. The van der Waals surface area contributed by atoms with Crippen LogP contribution in [0.25, 0.3) is 23.0 Å². The van der Waals surface area contributed by atoms with Crippen LogP contribution in [0.5, 0.6) is 5.88 Å². The van der Waals surface area contributed by atoms with Crippen molar-refractivity contribution < 1.29 is 22.4 Å². The number of rotatable bonds is 7. The van der Waals surface area contributed by atoms with E-state index < -0.39 is 23.1 Å². The molecule has 0 unspecified atom stereocenters. The van der Waals surface area contributed by atoms with Crippen molar-refractivity contribution in [1.29, 1.82) is 0 Å². The second-order valence-electron chi connectivity index (χ2n) is 7.52. The highest BCUT2D eigenvalue weighted by molar-refractivity contribution is 6.30. The quantitative estimate of drug-likeness (QED) is 0.329. The molecule has 13 heteroatoms. The number of ether oxygens (including phenoxy) is 1. The van der Waals surface area contributed by atoms with Gasteiger partial charge in [-0.3, -0.25) is 5.10 Å². The Balaban J connectivity index is 1.33. The molecule has 0 saturated carbocycles. The fraction of sp³-hybridized carbons (Fsp3) is 0.0870. The van der Waals surface area contributed by atoms with Gasteiger partial charge in [0.05, 0.1) is 5.69 Å². The van der Waals surface area contributed by atoms with Crippen molar-refractivity contribution in [3.8, 4) is 28.9 Å². The number of H-pyrrole nitrogens is 2. The fourth-order valence-corrected chi connectivity index (χ4v) is 3.49. The highest BCUT2D eigenvalue weighted by atomic mass is 35.5. The van der Waals surface area contributed by atoms with Crippen LogP contribution in [0.1, 0.15) is 17.0 Å². The van der Waals surface area contributed by atoms with Crippen LogP contribution in [0.2, 0.25) is 5.02 Å². The number of nitrogens with zero attached hydrogens (tertiary/aromatic N) is 4. The monoisotopic (exact) mass is 514 g/mol. The van der Waals surface area contributed by atoms with E-state index in [0.29, 0.717) is 0 Å². The van der Waals surface area contributed by atoms with Crippen LogP contribution in [0.15, 0.2) is 57.8 Å². The topological polar surface area (TPSA) is 123 Å². The van der Waals surface area contributed by atoms with E-state index in [0.717, 1.165) is 18.2 Å². The van der Waals surface area contributed by atoms with Gasteiger partial charge in [-0.05, 0) is 35.9 Å². The molecule has 0 bridgehead atoms.